The number of hydrogen-bond donors (Lipinski definition) is 3. The van der Waals surface area contributed by atoms with Gasteiger partial charge >= 0.3 is 6.09 Å². The summed E-state index contributed by atoms with van der Waals surface area (Å²) in [6.07, 6.45) is -2.26. The van der Waals surface area contributed by atoms with Gasteiger partial charge in [-0.05, 0) is 0 Å². The van der Waals surface area contributed by atoms with E-state index in [0.29, 0.717) is 6.54 Å². The lowest BCUT2D eigenvalue weighted by Gasteiger charge is -2.09. The number of nitrogens with one attached hydrogen (secondary N) is 2. The molecule has 5 heteroatoms. The highest BCUT2D eigenvalue weighted by atomic mass is 19.1. The minimum atomic E-state index is -1.17. The molecule has 1 heterocycles. The smallest absolute Gasteiger partial charge is 0.405 e. The number of carboxylic acid groups (broad SMARTS) is 1. The molecule has 0 bridgehead atoms. The van der Waals surface area contributed by atoms with Gasteiger partial charge in [-0.1, -0.05) is 0 Å². The molecule has 1 fully saturated rings. The van der Waals surface area contributed by atoms with Crippen molar-refractivity contribution >= 4 is 6.09 Å². The first kappa shape index (κ1) is 7.27. The molecule has 0 aromatic carbocycles. The molecule has 0 aromatic rings. The Morgan fingerprint density at radius 2 is 2.40 bits per heavy atom. The molecule has 4 nitrogen and oxygen atoms in total. The maximum absolute atomic E-state index is 12.6. The van der Waals surface area contributed by atoms with Crippen molar-refractivity contribution in [2.24, 2.45) is 0 Å². The summed E-state index contributed by atoms with van der Waals surface area (Å²) in [6, 6.07) is -0.572. The minimum Gasteiger partial charge on any atom is -0.465 e. The van der Waals surface area contributed by atoms with Crippen LogP contribution in [0.5, 0.6) is 0 Å². The van der Waals surface area contributed by atoms with Gasteiger partial charge in [-0.15, -0.1) is 0 Å². The summed E-state index contributed by atoms with van der Waals surface area (Å²) in [5.74, 6) is 0. The summed E-state index contributed by atoms with van der Waals surface area (Å²) >= 11 is 0. The van der Waals surface area contributed by atoms with Crippen molar-refractivity contribution in [3.63, 3.8) is 0 Å². The highest BCUT2D eigenvalue weighted by Gasteiger charge is 2.27. The van der Waals surface area contributed by atoms with Crippen molar-refractivity contribution in [1.82, 2.24) is 10.6 Å². The van der Waals surface area contributed by atoms with Crippen LogP contribution in [0.4, 0.5) is 9.18 Å². The molecule has 0 radical (unpaired) electrons. The first-order valence-corrected chi connectivity index (χ1v) is 3.04. The second-order valence-electron chi connectivity index (χ2n) is 2.23. The Morgan fingerprint density at radius 1 is 1.70 bits per heavy atom. The van der Waals surface area contributed by atoms with Crippen LogP contribution in [0.1, 0.15) is 0 Å². The highest BCUT2D eigenvalue weighted by Crippen LogP contribution is 2.03. The molecular formula is C5H9FN2O2. The lowest BCUT2D eigenvalue weighted by Crippen LogP contribution is -2.40. The summed E-state index contributed by atoms with van der Waals surface area (Å²) in [6.45, 7) is 0.623. The number of halogens is 1. The van der Waals surface area contributed by atoms with E-state index in [4.69, 9.17) is 5.11 Å². The van der Waals surface area contributed by atoms with Gasteiger partial charge in [0.2, 0.25) is 0 Å². The molecule has 0 aromatic heterocycles. The predicted molar refractivity (Wildman–Crippen MR) is 32.7 cm³/mol. The van der Waals surface area contributed by atoms with Crippen LogP contribution >= 0.6 is 0 Å². The summed E-state index contributed by atoms with van der Waals surface area (Å²) in [4.78, 5) is 10.00. The van der Waals surface area contributed by atoms with Gasteiger partial charge in [0.15, 0.2) is 0 Å². The standard InChI is InChI=1S/C5H9FN2O2/c6-3-1-7-2-4(3)8-5(9)10/h3-4,7-8H,1-2H2,(H,9,10)/t3-,4-/m1/s1. The molecule has 1 aliphatic heterocycles. The van der Waals surface area contributed by atoms with Crippen molar-refractivity contribution in [1.29, 1.82) is 0 Å². The summed E-state index contributed by atoms with van der Waals surface area (Å²) in [5, 5.41) is 13.0. The Kier molecular flexibility index (Phi) is 2.06. The summed E-state index contributed by atoms with van der Waals surface area (Å²) in [7, 11) is 0. The average Bonchev–Trinajstić information content (AvgIpc) is 2.15. The van der Waals surface area contributed by atoms with E-state index < -0.39 is 18.3 Å². The first-order chi connectivity index (χ1) is 4.70. The van der Waals surface area contributed by atoms with Crippen LogP contribution in [-0.4, -0.2) is 36.5 Å². The molecule has 0 spiro atoms. The lowest BCUT2D eigenvalue weighted by molar-refractivity contribution is 0.183. The van der Waals surface area contributed by atoms with E-state index in [2.05, 4.69) is 10.6 Å². The van der Waals surface area contributed by atoms with Crippen molar-refractivity contribution in [2.75, 3.05) is 13.1 Å². The zero-order valence-electron chi connectivity index (χ0n) is 5.30. The fraction of sp³-hybridized carbons (Fsp3) is 0.800. The molecule has 3 N–H and O–H groups in total. The fourth-order valence-corrected chi connectivity index (χ4v) is 0.947. The van der Waals surface area contributed by atoms with E-state index in [1.165, 1.54) is 0 Å². The van der Waals surface area contributed by atoms with Gasteiger partial charge in [0.05, 0.1) is 6.04 Å². The number of carbonyl (C=O) groups is 1. The molecule has 0 saturated carbocycles. The Morgan fingerprint density at radius 3 is 2.80 bits per heavy atom. The molecule has 58 valence electrons. The van der Waals surface area contributed by atoms with Gasteiger partial charge in [-0.2, -0.15) is 0 Å². The van der Waals surface area contributed by atoms with E-state index in [9.17, 15) is 9.18 Å². The van der Waals surface area contributed by atoms with Crippen molar-refractivity contribution < 1.29 is 14.3 Å². The quantitative estimate of drug-likeness (QED) is 0.472. The van der Waals surface area contributed by atoms with Crippen LogP contribution in [0.2, 0.25) is 0 Å². The van der Waals surface area contributed by atoms with E-state index in [1.807, 2.05) is 0 Å². The van der Waals surface area contributed by atoms with E-state index in [0.717, 1.165) is 0 Å². The second-order valence-corrected chi connectivity index (χ2v) is 2.23. The van der Waals surface area contributed by atoms with E-state index in [1.54, 1.807) is 0 Å². The molecule has 2 atom stereocenters. The van der Waals surface area contributed by atoms with Crippen LogP contribution in [0.25, 0.3) is 0 Å². The molecule has 1 saturated heterocycles. The normalized spacial score (nSPS) is 32.1. The Hall–Kier alpha value is -0.840. The Bertz CT molecular complexity index is 142. The van der Waals surface area contributed by atoms with Crippen LogP contribution < -0.4 is 10.6 Å². The number of amides is 1. The maximum atomic E-state index is 12.6. The summed E-state index contributed by atoms with van der Waals surface area (Å²) < 4.78 is 12.6. The van der Waals surface area contributed by atoms with Crippen LogP contribution in [0.15, 0.2) is 0 Å². The van der Waals surface area contributed by atoms with Gasteiger partial charge in [0.25, 0.3) is 0 Å². The zero-order valence-corrected chi connectivity index (χ0v) is 5.30. The van der Waals surface area contributed by atoms with Gasteiger partial charge in [-0.25, -0.2) is 9.18 Å². The molecule has 1 rings (SSSR count). The van der Waals surface area contributed by atoms with E-state index in [-0.39, 0.29) is 6.54 Å². The molecule has 1 aliphatic rings. The minimum absolute atomic E-state index is 0.241. The molecule has 0 unspecified atom stereocenters. The van der Waals surface area contributed by atoms with Crippen molar-refractivity contribution in [3.8, 4) is 0 Å². The molecule has 0 aliphatic carbocycles. The second kappa shape index (κ2) is 2.83. The highest BCUT2D eigenvalue weighted by molar-refractivity contribution is 5.65. The number of hydrogen-bond acceptors (Lipinski definition) is 2. The van der Waals surface area contributed by atoms with Crippen LogP contribution in [0.3, 0.4) is 0 Å². The first-order valence-electron chi connectivity index (χ1n) is 3.04. The topological polar surface area (TPSA) is 61.4 Å². The van der Waals surface area contributed by atoms with Crippen molar-refractivity contribution in [3.05, 3.63) is 0 Å². The largest absolute Gasteiger partial charge is 0.465 e. The number of rotatable bonds is 1. The third-order valence-electron chi connectivity index (χ3n) is 1.45. The fourth-order valence-electron chi connectivity index (χ4n) is 0.947. The third kappa shape index (κ3) is 1.57. The monoisotopic (exact) mass is 148 g/mol. The Balaban J connectivity index is 2.33. The Labute approximate surface area is 57.4 Å². The molecule has 10 heavy (non-hydrogen) atoms. The van der Waals surface area contributed by atoms with Crippen LogP contribution in [-0.2, 0) is 0 Å². The maximum Gasteiger partial charge on any atom is 0.405 e. The molecular weight excluding hydrogens is 139 g/mol. The average molecular weight is 148 g/mol. The van der Waals surface area contributed by atoms with Crippen molar-refractivity contribution in [2.45, 2.75) is 12.2 Å². The number of alkyl halides is 1. The van der Waals surface area contributed by atoms with Gasteiger partial charge < -0.3 is 15.7 Å². The molecule has 1 amide bonds. The third-order valence-corrected chi connectivity index (χ3v) is 1.45. The zero-order chi connectivity index (χ0) is 7.56. The lowest BCUT2D eigenvalue weighted by atomic mass is 10.2. The van der Waals surface area contributed by atoms with Gasteiger partial charge in [0, 0.05) is 13.1 Å². The SMILES string of the molecule is O=C(O)N[C@@H]1CNC[C@H]1F. The van der Waals surface area contributed by atoms with Gasteiger partial charge in [-0.3, -0.25) is 0 Å². The van der Waals surface area contributed by atoms with Crippen LogP contribution in [0, 0.1) is 0 Å². The van der Waals surface area contributed by atoms with Gasteiger partial charge in [0.1, 0.15) is 6.17 Å². The summed E-state index contributed by atoms with van der Waals surface area (Å²) in [5.41, 5.74) is 0. The van der Waals surface area contributed by atoms with E-state index >= 15 is 0 Å². The predicted octanol–water partition coefficient (Wildman–Crippen LogP) is -0.436.